The van der Waals surface area contributed by atoms with E-state index < -0.39 is 17.3 Å². The van der Waals surface area contributed by atoms with E-state index in [1.54, 1.807) is 26.0 Å². The molecule has 2 aromatic rings. The number of hydrogen-bond acceptors (Lipinski definition) is 6. The Kier molecular flexibility index (Phi) is 7.70. The maximum absolute atomic E-state index is 12.9. The van der Waals surface area contributed by atoms with Gasteiger partial charge in [-0.1, -0.05) is 58.4 Å². The lowest BCUT2D eigenvalue weighted by molar-refractivity contribution is -0.139. The third kappa shape index (κ3) is 4.72. The van der Waals surface area contributed by atoms with Gasteiger partial charge in [0.25, 0.3) is 0 Å². The van der Waals surface area contributed by atoms with Gasteiger partial charge < -0.3 is 4.74 Å². The zero-order valence-electron chi connectivity index (χ0n) is 18.1. The molecular weight excluding hydrogens is 488 g/mol. The van der Waals surface area contributed by atoms with Gasteiger partial charge >= 0.3 is 5.97 Å². The average molecular weight is 511 g/mol. The van der Waals surface area contributed by atoms with E-state index in [1.807, 2.05) is 49.4 Å². The number of hydrogen-bond donors (Lipinski definition) is 0. The van der Waals surface area contributed by atoms with Crippen molar-refractivity contribution < 1.29 is 14.3 Å². The molecule has 0 radical (unpaired) electrons. The highest BCUT2D eigenvalue weighted by Gasteiger charge is 2.49. The van der Waals surface area contributed by atoms with Gasteiger partial charge in [0.2, 0.25) is 0 Å². The number of Topliss-reactive ketones (excluding diaryl/α,β-unsaturated/α-hetero) is 1. The molecule has 0 amide bonds. The predicted molar refractivity (Wildman–Crippen MR) is 131 cm³/mol. The number of rotatable bonds is 6. The first-order chi connectivity index (χ1) is 15.3. The van der Waals surface area contributed by atoms with Crippen molar-refractivity contribution in [3.8, 4) is 6.07 Å². The van der Waals surface area contributed by atoms with Crippen LogP contribution in [-0.4, -0.2) is 29.2 Å². The molecule has 1 aliphatic rings. The van der Waals surface area contributed by atoms with E-state index >= 15 is 0 Å². The Bertz CT molecular complexity index is 1140. The second-order valence-corrected chi connectivity index (χ2v) is 9.39. The molecule has 0 N–H and O–H groups in total. The molecule has 0 fully saturated rings. The van der Waals surface area contributed by atoms with E-state index in [0.717, 1.165) is 10.0 Å². The molecule has 2 unspecified atom stereocenters. The summed E-state index contributed by atoms with van der Waals surface area (Å²) >= 11 is 4.63. The molecule has 1 heterocycles. The molecule has 0 spiro atoms. The van der Waals surface area contributed by atoms with Gasteiger partial charge in [-0.05, 0) is 38.5 Å². The number of aliphatic imine (C=N–C) groups is 1. The lowest BCUT2D eigenvalue weighted by Crippen LogP contribution is -2.43. The number of nitrogens with zero attached hydrogens (tertiary/aromatic N) is 2. The van der Waals surface area contributed by atoms with Crippen molar-refractivity contribution in [2.75, 3.05) is 12.4 Å². The number of halogens is 1. The molecule has 0 saturated carbocycles. The standard InChI is InChI=1S/C25H23BrN2O3S/c1-4-31-24(30)22-16(2)28-23(32-15-21(29)17-9-8-12-19(26)13-17)20(14-27)25(22,3)18-10-6-5-7-11-18/h5-13,20H,4,15H2,1-3H3. The largest absolute Gasteiger partial charge is 0.463 e. The lowest BCUT2D eigenvalue weighted by Gasteiger charge is -2.39. The Morgan fingerprint density at radius 1 is 1.22 bits per heavy atom. The topological polar surface area (TPSA) is 79.5 Å². The molecule has 3 rings (SSSR count). The summed E-state index contributed by atoms with van der Waals surface area (Å²) < 4.78 is 6.15. The van der Waals surface area contributed by atoms with Crippen LogP contribution in [0.1, 0.15) is 36.7 Å². The van der Waals surface area contributed by atoms with Gasteiger partial charge in [-0.25, -0.2) is 9.79 Å². The highest BCUT2D eigenvalue weighted by atomic mass is 79.9. The summed E-state index contributed by atoms with van der Waals surface area (Å²) in [5, 5.41) is 10.7. The van der Waals surface area contributed by atoms with E-state index in [1.165, 1.54) is 11.8 Å². The van der Waals surface area contributed by atoms with E-state index in [2.05, 4.69) is 27.0 Å². The Labute approximate surface area is 200 Å². The number of ether oxygens (including phenoxy) is 1. The highest BCUT2D eigenvalue weighted by molar-refractivity contribution is 9.10. The van der Waals surface area contributed by atoms with Gasteiger partial charge in [0.05, 0.1) is 29.0 Å². The third-order valence-electron chi connectivity index (χ3n) is 5.46. The average Bonchev–Trinajstić information content (AvgIpc) is 2.78. The summed E-state index contributed by atoms with van der Waals surface area (Å²) in [4.78, 5) is 30.3. The Balaban J connectivity index is 2.01. The van der Waals surface area contributed by atoms with E-state index in [-0.39, 0.29) is 18.1 Å². The molecule has 0 bridgehead atoms. The van der Waals surface area contributed by atoms with Crippen molar-refractivity contribution in [1.29, 1.82) is 5.26 Å². The van der Waals surface area contributed by atoms with Crippen LogP contribution in [0.25, 0.3) is 0 Å². The summed E-state index contributed by atoms with van der Waals surface area (Å²) in [6.07, 6.45) is 0. The monoisotopic (exact) mass is 510 g/mol. The fourth-order valence-electron chi connectivity index (χ4n) is 3.90. The first-order valence-electron chi connectivity index (χ1n) is 10.2. The number of nitriles is 1. The number of esters is 1. The SMILES string of the molecule is CCOC(=O)C1=C(C)N=C(SCC(=O)c2cccc(Br)c2)C(C#N)C1(C)c1ccccc1. The van der Waals surface area contributed by atoms with Crippen molar-refractivity contribution >= 4 is 44.5 Å². The summed E-state index contributed by atoms with van der Waals surface area (Å²) in [6, 6.07) is 19.0. The van der Waals surface area contributed by atoms with E-state index in [4.69, 9.17) is 4.74 Å². The molecule has 5 nitrogen and oxygen atoms in total. The van der Waals surface area contributed by atoms with Gasteiger partial charge in [0.15, 0.2) is 5.78 Å². The van der Waals surface area contributed by atoms with Crippen LogP contribution in [0.15, 0.2) is 75.3 Å². The van der Waals surface area contributed by atoms with Crippen molar-refractivity contribution in [2.24, 2.45) is 10.9 Å². The first kappa shape index (κ1) is 24.0. The number of benzene rings is 2. The highest BCUT2D eigenvalue weighted by Crippen LogP contribution is 2.46. The zero-order valence-corrected chi connectivity index (χ0v) is 20.5. The van der Waals surface area contributed by atoms with Crippen LogP contribution < -0.4 is 0 Å². The summed E-state index contributed by atoms with van der Waals surface area (Å²) in [7, 11) is 0. The predicted octanol–water partition coefficient (Wildman–Crippen LogP) is 5.71. The molecule has 0 aromatic heterocycles. The van der Waals surface area contributed by atoms with Gasteiger partial charge in [0.1, 0.15) is 5.92 Å². The lowest BCUT2D eigenvalue weighted by atomic mass is 9.65. The van der Waals surface area contributed by atoms with Crippen molar-refractivity contribution in [3.63, 3.8) is 0 Å². The summed E-state index contributed by atoms with van der Waals surface area (Å²) in [5.41, 5.74) is 1.32. The van der Waals surface area contributed by atoms with Crippen molar-refractivity contribution in [1.82, 2.24) is 0 Å². The number of carbonyl (C=O) groups excluding carboxylic acids is 2. The minimum absolute atomic E-state index is 0.0603. The number of allylic oxidation sites excluding steroid dienone is 1. The number of ketones is 1. The van der Waals surface area contributed by atoms with E-state index in [0.29, 0.717) is 21.9 Å². The summed E-state index contributed by atoms with van der Waals surface area (Å²) in [6.45, 7) is 5.59. The number of carbonyl (C=O) groups is 2. The minimum Gasteiger partial charge on any atom is -0.463 e. The Morgan fingerprint density at radius 2 is 1.94 bits per heavy atom. The van der Waals surface area contributed by atoms with Crippen molar-refractivity contribution in [3.05, 3.63) is 81.5 Å². The smallest absolute Gasteiger partial charge is 0.336 e. The van der Waals surface area contributed by atoms with E-state index in [9.17, 15) is 14.9 Å². The molecule has 0 saturated heterocycles. The molecule has 2 aromatic carbocycles. The van der Waals surface area contributed by atoms with Gasteiger partial charge in [-0.2, -0.15) is 5.26 Å². The van der Waals surface area contributed by atoms with Crippen LogP contribution in [0.3, 0.4) is 0 Å². The van der Waals surface area contributed by atoms with Gasteiger partial charge in [-0.15, -0.1) is 11.8 Å². The fourth-order valence-corrected chi connectivity index (χ4v) is 5.40. The fraction of sp³-hybridized carbons (Fsp3) is 0.280. The second-order valence-electron chi connectivity index (χ2n) is 7.48. The van der Waals surface area contributed by atoms with Gasteiger partial charge in [-0.3, -0.25) is 4.79 Å². The molecule has 7 heteroatoms. The maximum Gasteiger partial charge on any atom is 0.336 e. The van der Waals surface area contributed by atoms with Crippen LogP contribution in [0.5, 0.6) is 0 Å². The molecule has 2 atom stereocenters. The Morgan fingerprint density at radius 3 is 2.56 bits per heavy atom. The van der Waals surface area contributed by atoms with Crippen LogP contribution in [0.2, 0.25) is 0 Å². The van der Waals surface area contributed by atoms with Crippen LogP contribution in [0.4, 0.5) is 0 Å². The van der Waals surface area contributed by atoms with Gasteiger partial charge in [0, 0.05) is 21.1 Å². The van der Waals surface area contributed by atoms with Crippen LogP contribution in [-0.2, 0) is 14.9 Å². The second kappa shape index (κ2) is 10.3. The summed E-state index contributed by atoms with van der Waals surface area (Å²) in [5.74, 6) is -1.14. The van der Waals surface area contributed by atoms with Crippen LogP contribution in [0, 0.1) is 17.2 Å². The quantitative estimate of drug-likeness (QED) is 0.367. The maximum atomic E-state index is 12.9. The van der Waals surface area contributed by atoms with Crippen LogP contribution >= 0.6 is 27.7 Å². The first-order valence-corrected chi connectivity index (χ1v) is 11.9. The minimum atomic E-state index is -0.963. The molecule has 164 valence electrons. The number of thioether (sulfide) groups is 1. The van der Waals surface area contributed by atoms with Crippen molar-refractivity contribution in [2.45, 2.75) is 26.2 Å². The molecule has 1 aliphatic heterocycles. The normalized spacial score (nSPS) is 20.3. The molecular formula is C25H23BrN2O3S. The zero-order chi connectivity index (χ0) is 23.3. The third-order valence-corrected chi connectivity index (χ3v) is 6.99. The Hall–Kier alpha value is -2.69. The molecule has 32 heavy (non-hydrogen) atoms. The molecule has 0 aliphatic carbocycles.